The topological polar surface area (TPSA) is 55.1 Å². The van der Waals surface area contributed by atoms with Crippen molar-refractivity contribution in [2.45, 2.75) is 64.5 Å². The molecule has 3 heteroatoms. The van der Waals surface area contributed by atoms with Gasteiger partial charge >= 0.3 is 0 Å². The fourth-order valence-electron chi connectivity index (χ4n) is 3.34. The van der Waals surface area contributed by atoms with Crippen LogP contribution >= 0.6 is 0 Å². The van der Waals surface area contributed by atoms with Crippen LogP contribution in [0.15, 0.2) is 24.3 Å². The van der Waals surface area contributed by atoms with Gasteiger partial charge in [0.15, 0.2) is 0 Å². The van der Waals surface area contributed by atoms with Crippen LogP contribution < -0.4 is 11.1 Å². The van der Waals surface area contributed by atoms with Crippen molar-refractivity contribution in [1.29, 1.82) is 0 Å². The standard InChI is InChI=1S/C18H28N2O/c1-14(15-8-4-2-3-5-9-15)20-18(21)12-16-10-6-7-11-17(16)13-19/h6-7,10-11,14-15H,2-5,8-9,12-13,19H2,1H3,(H,20,21)/t14-/m0/s1. The van der Waals surface area contributed by atoms with E-state index in [1.165, 1.54) is 38.5 Å². The number of nitrogens with one attached hydrogen (secondary N) is 1. The Morgan fingerprint density at radius 3 is 2.43 bits per heavy atom. The molecule has 0 bridgehead atoms. The van der Waals surface area contributed by atoms with Crippen molar-refractivity contribution >= 4 is 5.91 Å². The van der Waals surface area contributed by atoms with Gasteiger partial charge in [0.1, 0.15) is 0 Å². The van der Waals surface area contributed by atoms with Crippen molar-refractivity contribution in [3.63, 3.8) is 0 Å². The summed E-state index contributed by atoms with van der Waals surface area (Å²) >= 11 is 0. The number of hydrogen-bond acceptors (Lipinski definition) is 2. The minimum absolute atomic E-state index is 0.118. The first-order chi connectivity index (χ1) is 10.2. The van der Waals surface area contributed by atoms with Crippen LogP contribution in [0, 0.1) is 5.92 Å². The lowest BCUT2D eigenvalue weighted by molar-refractivity contribution is -0.121. The minimum Gasteiger partial charge on any atom is -0.353 e. The van der Waals surface area contributed by atoms with Crippen molar-refractivity contribution in [3.8, 4) is 0 Å². The summed E-state index contributed by atoms with van der Waals surface area (Å²) in [6.07, 6.45) is 8.25. The van der Waals surface area contributed by atoms with Crippen molar-refractivity contribution in [1.82, 2.24) is 5.32 Å². The van der Waals surface area contributed by atoms with E-state index < -0.39 is 0 Å². The smallest absolute Gasteiger partial charge is 0.224 e. The van der Waals surface area contributed by atoms with Crippen LogP contribution in [-0.4, -0.2) is 11.9 Å². The third-order valence-electron chi connectivity index (χ3n) is 4.68. The highest BCUT2D eigenvalue weighted by atomic mass is 16.1. The predicted molar refractivity (Wildman–Crippen MR) is 86.8 cm³/mol. The summed E-state index contributed by atoms with van der Waals surface area (Å²) < 4.78 is 0. The Kier molecular flexibility index (Phi) is 6.24. The number of carbonyl (C=O) groups is 1. The summed E-state index contributed by atoms with van der Waals surface area (Å²) in [7, 11) is 0. The molecule has 3 N–H and O–H groups in total. The minimum atomic E-state index is 0.118. The van der Waals surface area contributed by atoms with Gasteiger partial charge in [-0.25, -0.2) is 0 Å². The normalized spacial score (nSPS) is 18.0. The van der Waals surface area contributed by atoms with Gasteiger partial charge in [0, 0.05) is 12.6 Å². The summed E-state index contributed by atoms with van der Waals surface area (Å²) in [6, 6.07) is 8.21. The second kappa shape index (κ2) is 8.18. The Bertz CT molecular complexity index is 450. The molecule has 0 aromatic heterocycles. The van der Waals surface area contributed by atoms with E-state index in [0.717, 1.165) is 11.1 Å². The molecule has 0 radical (unpaired) electrons. The molecule has 1 atom stereocenters. The van der Waals surface area contributed by atoms with E-state index in [9.17, 15) is 4.79 Å². The molecule has 0 heterocycles. The summed E-state index contributed by atoms with van der Waals surface area (Å²) in [5.41, 5.74) is 7.84. The first kappa shape index (κ1) is 16.0. The second-order valence-electron chi connectivity index (χ2n) is 6.26. The third-order valence-corrected chi connectivity index (χ3v) is 4.68. The second-order valence-corrected chi connectivity index (χ2v) is 6.26. The molecule has 1 aromatic rings. The van der Waals surface area contributed by atoms with Crippen LogP contribution in [0.2, 0.25) is 0 Å². The average molecular weight is 288 g/mol. The zero-order valence-corrected chi connectivity index (χ0v) is 13.1. The first-order valence-electron chi connectivity index (χ1n) is 8.27. The zero-order chi connectivity index (χ0) is 15.1. The average Bonchev–Trinajstić information content (AvgIpc) is 2.76. The maximum Gasteiger partial charge on any atom is 0.224 e. The van der Waals surface area contributed by atoms with Crippen LogP contribution in [0.25, 0.3) is 0 Å². The van der Waals surface area contributed by atoms with E-state index in [4.69, 9.17) is 5.73 Å². The monoisotopic (exact) mass is 288 g/mol. The van der Waals surface area contributed by atoms with Crippen LogP contribution in [0.5, 0.6) is 0 Å². The lowest BCUT2D eigenvalue weighted by Crippen LogP contribution is -2.39. The number of benzene rings is 1. The van der Waals surface area contributed by atoms with Gasteiger partial charge in [-0.2, -0.15) is 0 Å². The molecule has 0 saturated heterocycles. The molecule has 21 heavy (non-hydrogen) atoms. The first-order valence-corrected chi connectivity index (χ1v) is 8.27. The van der Waals surface area contributed by atoms with E-state index in [2.05, 4.69) is 12.2 Å². The van der Waals surface area contributed by atoms with Gasteiger partial charge in [0.05, 0.1) is 6.42 Å². The summed E-state index contributed by atoms with van der Waals surface area (Å²) in [5.74, 6) is 0.758. The number of carbonyl (C=O) groups excluding carboxylic acids is 1. The van der Waals surface area contributed by atoms with E-state index in [0.29, 0.717) is 18.9 Å². The van der Waals surface area contributed by atoms with Crippen molar-refractivity contribution < 1.29 is 4.79 Å². The Labute approximate surface area is 128 Å². The summed E-state index contributed by atoms with van der Waals surface area (Å²) in [6.45, 7) is 2.64. The fraction of sp³-hybridized carbons (Fsp3) is 0.611. The fourth-order valence-corrected chi connectivity index (χ4v) is 3.34. The van der Waals surface area contributed by atoms with Crippen LogP contribution in [0.3, 0.4) is 0 Å². The van der Waals surface area contributed by atoms with E-state index in [1.807, 2.05) is 24.3 Å². The highest BCUT2D eigenvalue weighted by Gasteiger charge is 2.20. The molecule has 0 aliphatic heterocycles. The van der Waals surface area contributed by atoms with E-state index in [-0.39, 0.29) is 11.9 Å². The molecule has 116 valence electrons. The Balaban J connectivity index is 1.88. The van der Waals surface area contributed by atoms with Gasteiger partial charge in [0.2, 0.25) is 5.91 Å². The van der Waals surface area contributed by atoms with Gasteiger partial charge in [-0.15, -0.1) is 0 Å². The molecule has 2 rings (SSSR count). The van der Waals surface area contributed by atoms with Crippen LogP contribution in [0.1, 0.15) is 56.6 Å². The van der Waals surface area contributed by atoms with Gasteiger partial charge in [-0.3, -0.25) is 4.79 Å². The predicted octanol–water partition coefficient (Wildman–Crippen LogP) is 3.16. The lowest BCUT2D eigenvalue weighted by Gasteiger charge is -2.23. The molecule has 1 fully saturated rings. The molecule has 1 saturated carbocycles. The highest BCUT2D eigenvalue weighted by molar-refractivity contribution is 5.79. The summed E-state index contributed by atoms with van der Waals surface area (Å²) in [5, 5.41) is 3.20. The SMILES string of the molecule is C[C@H](NC(=O)Cc1ccccc1CN)C1CCCCCC1. The van der Waals surface area contributed by atoms with Crippen molar-refractivity contribution in [2.24, 2.45) is 11.7 Å². The molecule has 0 spiro atoms. The largest absolute Gasteiger partial charge is 0.353 e. The number of amides is 1. The molecule has 1 amide bonds. The Morgan fingerprint density at radius 2 is 1.81 bits per heavy atom. The number of rotatable bonds is 5. The van der Waals surface area contributed by atoms with Gasteiger partial charge in [-0.1, -0.05) is 49.9 Å². The molecular formula is C18H28N2O. The maximum absolute atomic E-state index is 12.3. The van der Waals surface area contributed by atoms with E-state index in [1.54, 1.807) is 0 Å². The molecule has 0 unspecified atom stereocenters. The van der Waals surface area contributed by atoms with Gasteiger partial charge < -0.3 is 11.1 Å². The van der Waals surface area contributed by atoms with Crippen LogP contribution in [0.4, 0.5) is 0 Å². The summed E-state index contributed by atoms with van der Waals surface area (Å²) in [4.78, 5) is 12.3. The Hall–Kier alpha value is -1.35. The number of nitrogens with two attached hydrogens (primary N) is 1. The Morgan fingerprint density at radius 1 is 1.19 bits per heavy atom. The zero-order valence-electron chi connectivity index (χ0n) is 13.1. The number of hydrogen-bond donors (Lipinski definition) is 2. The molecule has 1 aliphatic carbocycles. The maximum atomic E-state index is 12.3. The lowest BCUT2D eigenvalue weighted by atomic mass is 9.92. The van der Waals surface area contributed by atoms with E-state index >= 15 is 0 Å². The van der Waals surface area contributed by atoms with Gasteiger partial charge in [0.25, 0.3) is 0 Å². The molecule has 1 aliphatic rings. The van der Waals surface area contributed by atoms with Crippen LogP contribution in [-0.2, 0) is 17.8 Å². The third kappa shape index (κ3) is 4.85. The van der Waals surface area contributed by atoms with Crippen molar-refractivity contribution in [3.05, 3.63) is 35.4 Å². The molecular weight excluding hydrogens is 260 g/mol. The molecule has 1 aromatic carbocycles. The quantitative estimate of drug-likeness (QED) is 0.818. The highest BCUT2D eigenvalue weighted by Crippen LogP contribution is 2.25. The van der Waals surface area contributed by atoms with Gasteiger partial charge in [-0.05, 0) is 36.8 Å². The van der Waals surface area contributed by atoms with Crippen molar-refractivity contribution in [2.75, 3.05) is 0 Å². The molecule has 3 nitrogen and oxygen atoms in total.